The number of carbonyl (C=O) groups is 1. The number of nitriles is 1. The highest BCUT2D eigenvalue weighted by atomic mass is 19.1. The van der Waals surface area contributed by atoms with Crippen LogP contribution in [0.2, 0.25) is 0 Å². The molecule has 0 unspecified atom stereocenters. The fourth-order valence-electron chi connectivity index (χ4n) is 1.42. The van der Waals surface area contributed by atoms with E-state index in [1.165, 1.54) is 6.07 Å². The number of benzene rings is 1. The summed E-state index contributed by atoms with van der Waals surface area (Å²) in [5.41, 5.74) is 0.290. The summed E-state index contributed by atoms with van der Waals surface area (Å²) in [6, 6.07) is 4.65. The molecule has 0 aliphatic heterocycles. The van der Waals surface area contributed by atoms with Crippen LogP contribution < -0.4 is 0 Å². The van der Waals surface area contributed by atoms with Crippen LogP contribution in [0.4, 0.5) is 4.39 Å². The fraction of sp³-hybridized carbons (Fsp3) is 0.333. The van der Waals surface area contributed by atoms with Crippen molar-refractivity contribution < 1.29 is 13.9 Å². The van der Waals surface area contributed by atoms with Crippen molar-refractivity contribution in [2.75, 3.05) is 6.61 Å². The van der Waals surface area contributed by atoms with Crippen LogP contribution in [0.15, 0.2) is 12.1 Å². The minimum absolute atomic E-state index is 0.122. The zero-order valence-electron chi connectivity index (χ0n) is 9.21. The molecule has 1 aromatic rings. The van der Waals surface area contributed by atoms with Crippen molar-refractivity contribution in [2.45, 2.75) is 20.3 Å². The number of halogens is 1. The summed E-state index contributed by atoms with van der Waals surface area (Å²) in [6.45, 7) is 3.64. The van der Waals surface area contributed by atoms with Gasteiger partial charge in [-0.2, -0.15) is 5.26 Å². The predicted octanol–water partition coefficient (Wildman–Crippen LogP) is 2.44. The number of nitrogens with zero attached hydrogens (tertiary/aromatic N) is 1. The number of rotatable bonds is 3. The number of hydrogen-bond acceptors (Lipinski definition) is 3. The molecule has 0 aromatic heterocycles. The van der Waals surface area contributed by atoms with Gasteiger partial charge in [-0.3, -0.25) is 0 Å². The predicted molar refractivity (Wildman–Crippen MR) is 56.4 cm³/mol. The number of aryl methyl sites for hydroxylation is 1. The molecule has 1 aromatic carbocycles. The van der Waals surface area contributed by atoms with E-state index >= 15 is 0 Å². The van der Waals surface area contributed by atoms with Gasteiger partial charge in [-0.05, 0) is 25.0 Å². The quantitative estimate of drug-likeness (QED) is 0.736. The number of ether oxygens (including phenoxy) is 1. The molecule has 0 heterocycles. The molecule has 0 aliphatic rings. The van der Waals surface area contributed by atoms with Gasteiger partial charge in [0.05, 0.1) is 17.7 Å². The largest absolute Gasteiger partial charge is 0.462 e. The Kier molecular flexibility index (Phi) is 4.01. The third-order valence-corrected chi connectivity index (χ3v) is 2.21. The number of carbonyl (C=O) groups excluding carboxylic acids is 1. The maximum atomic E-state index is 13.8. The van der Waals surface area contributed by atoms with Gasteiger partial charge in [0.25, 0.3) is 0 Å². The molecular weight excluding hydrogens is 209 g/mol. The molecule has 1 rings (SSSR count). The molecule has 0 atom stereocenters. The summed E-state index contributed by atoms with van der Waals surface area (Å²) in [5.74, 6) is -1.51. The van der Waals surface area contributed by atoms with Crippen molar-refractivity contribution in [1.29, 1.82) is 5.26 Å². The first-order valence-electron chi connectivity index (χ1n) is 5.04. The Morgan fingerprint density at radius 1 is 1.50 bits per heavy atom. The summed E-state index contributed by atoms with van der Waals surface area (Å²) in [6.07, 6.45) is 0.511. The van der Waals surface area contributed by atoms with Crippen molar-refractivity contribution in [2.24, 2.45) is 0 Å². The van der Waals surface area contributed by atoms with E-state index < -0.39 is 11.8 Å². The van der Waals surface area contributed by atoms with E-state index in [0.717, 1.165) is 0 Å². The molecule has 0 fully saturated rings. The molecule has 0 amide bonds. The van der Waals surface area contributed by atoms with Crippen molar-refractivity contribution in [3.05, 3.63) is 34.6 Å². The van der Waals surface area contributed by atoms with Gasteiger partial charge >= 0.3 is 5.97 Å². The summed E-state index contributed by atoms with van der Waals surface area (Å²) < 4.78 is 18.5. The monoisotopic (exact) mass is 221 g/mol. The standard InChI is InChI=1S/C12H12FNO2/c1-3-8-5-6-9(7-14)11(13)10(8)12(15)16-4-2/h5-6H,3-4H2,1-2H3. The zero-order chi connectivity index (χ0) is 12.1. The average molecular weight is 221 g/mol. The molecular formula is C12H12FNO2. The van der Waals surface area contributed by atoms with Gasteiger partial charge < -0.3 is 4.74 Å². The summed E-state index contributed by atoms with van der Waals surface area (Å²) in [4.78, 5) is 11.5. The lowest BCUT2D eigenvalue weighted by molar-refractivity contribution is 0.0519. The maximum absolute atomic E-state index is 13.8. The second kappa shape index (κ2) is 5.26. The first-order valence-corrected chi connectivity index (χ1v) is 5.04. The zero-order valence-corrected chi connectivity index (χ0v) is 9.21. The first-order chi connectivity index (χ1) is 7.65. The molecule has 0 saturated heterocycles. The Labute approximate surface area is 93.5 Å². The van der Waals surface area contributed by atoms with Crippen LogP contribution in [0.3, 0.4) is 0 Å². The van der Waals surface area contributed by atoms with Crippen molar-refractivity contribution >= 4 is 5.97 Å². The summed E-state index contributed by atoms with van der Waals surface area (Å²) >= 11 is 0. The topological polar surface area (TPSA) is 50.1 Å². The van der Waals surface area contributed by atoms with E-state index in [1.807, 2.05) is 6.92 Å². The van der Waals surface area contributed by atoms with Crippen LogP contribution >= 0.6 is 0 Å². The first kappa shape index (κ1) is 12.2. The normalized spacial score (nSPS) is 9.62. The highest BCUT2D eigenvalue weighted by molar-refractivity contribution is 5.92. The molecule has 16 heavy (non-hydrogen) atoms. The van der Waals surface area contributed by atoms with Crippen LogP contribution in [0.1, 0.15) is 35.3 Å². The van der Waals surface area contributed by atoms with Gasteiger partial charge in [-0.15, -0.1) is 0 Å². The van der Waals surface area contributed by atoms with Crippen molar-refractivity contribution in [1.82, 2.24) is 0 Å². The van der Waals surface area contributed by atoms with Gasteiger partial charge in [-0.1, -0.05) is 13.0 Å². The summed E-state index contributed by atoms with van der Waals surface area (Å²) in [7, 11) is 0. The second-order valence-electron chi connectivity index (χ2n) is 3.15. The molecule has 0 aliphatic carbocycles. The van der Waals surface area contributed by atoms with Crippen LogP contribution in [0.25, 0.3) is 0 Å². The SMILES string of the molecule is CCOC(=O)c1c(CC)ccc(C#N)c1F. The Morgan fingerprint density at radius 3 is 2.69 bits per heavy atom. The molecule has 0 saturated carbocycles. The second-order valence-corrected chi connectivity index (χ2v) is 3.15. The van der Waals surface area contributed by atoms with Gasteiger partial charge in [0.1, 0.15) is 6.07 Å². The van der Waals surface area contributed by atoms with E-state index in [2.05, 4.69) is 0 Å². The minimum atomic E-state index is -0.791. The lowest BCUT2D eigenvalue weighted by atomic mass is 10.0. The molecule has 0 radical (unpaired) electrons. The third kappa shape index (κ3) is 2.19. The molecule has 84 valence electrons. The minimum Gasteiger partial charge on any atom is -0.462 e. The van der Waals surface area contributed by atoms with Crippen molar-refractivity contribution in [3.63, 3.8) is 0 Å². The fourth-order valence-corrected chi connectivity index (χ4v) is 1.42. The highest BCUT2D eigenvalue weighted by Crippen LogP contribution is 2.19. The molecule has 0 spiro atoms. The van der Waals surface area contributed by atoms with Gasteiger partial charge in [0.15, 0.2) is 5.82 Å². The maximum Gasteiger partial charge on any atom is 0.341 e. The third-order valence-electron chi connectivity index (χ3n) is 2.21. The highest BCUT2D eigenvalue weighted by Gasteiger charge is 2.20. The molecule has 0 N–H and O–H groups in total. The van der Waals surface area contributed by atoms with E-state index in [1.54, 1.807) is 19.1 Å². The average Bonchev–Trinajstić information content (AvgIpc) is 2.28. The lowest BCUT2D eigenvalue weighted by Gasteiger charge is -2.08. The Hall–Kier alpha value is -1.89. The van der Waals surface area contributed by atoms with E-state index in [9.17, 15) is 9.18 Å². The Bertz CT molecular complexity index is 449. The van der Waals surface area contributed by atoms with Crippen molar-refractivity contribution in [3.8, 4) is 6.07 Å². The number of hydrogen-bond donors (Lipinski definition) is 0. The smallest absolute Gasteiger partial charge is 0.341 e. The summed E-state index contributed by atoms with van der Waals surface area (Å²) in [5, 5.41) is 8.68. The van der Waals surface area contributed by atoms with Crippen LogP contribution in [-0.2, 0) is 11.2 Å². The van der Waals surface area contributed by atoms with Gasteiger partial charge in [0.2, 0.25) is 0 Å². The van der Waals surface area contributed by atoms with Gasteiger partial charge in [-0.25, -0.2) is 9.18 Å². The number of esters is 1. The van der Waals surface area contributed by atoms with Crippen LogP contribution in [-0.4, -0.2) is 12.6 Å². The molecule has 4 heteroatoms. The van der Waals surface area contributed by atoms with Crippen LogP contribution in [0, 0.1) is 17.1 Å². The Balaban J connectivity index is 3.33. The van der Waals surface area contributed by atoms with E-state index in [4.69, 9.17) is 10.00 Å². The lowest BCUT2D eigenvalue weighted by Crippen LogP contribution is -2.11. The van der Waals surface area contributed by atoms with Gasteiger partial charge in [0, 0.05) is 0 Å². The van der Waals surface area contributed by atoms with Crippen LogP contribution in [0.5, 0.6) is 0 Å². The van der Waals surface area contributed by atoms with E-state index in [-0.39, 0.29) is 17.7 Å². The Morgan fingerprint density at radius 2 is 2.19 bits per heavy atom. The molecule has 3 nitrogen and oxygen atoms in total. The van der Waals surface area contributed by atoms with E-state index in [0.29, 0.717) is 12.0 Å². The molecule has 0 bridgehead atoms.